The summed E-state index contributed by atoms with van der Waals surface area (Å²) in [4.78, 5) is 13.9. The molecule has 0 saturated heterocycles. The molecule has 142 valence electrons. The van der Waals surface area contributed by atoms with Gasteiger partial charge in [0.05, 0.1) is 17.5 Å². The lowest BCUT2D eigenvalue weighted by molar-refractivity contribution is -0.112. The number of hydrogen-bond donors (Lipinski definition) is 2. The van der Waals surface area contributed by atoms with Crippen molar-refractivity contribution in [1.29, 1.82) is 10.5 Å². The maximum atomic E-state index is 12.8. The molecule has 0 bridgehead atoms. The van der Waals surface area contributed by atoms with Crippen molar-refractivity contribution in [2.45, 2.75) is 25.7 Å². The van der Waals surface area contributed by atoms with Crippen molar-refractivity contribution >= 4 is 28.3 Å². The molecule has 1 aromatic carbocycles. The first-order valence-electron chi connectivity index (χ1n) is 9.28. The van der Waals surface area contributed by atoms with Crippen LogP contribution in [0.1, 0.15) is 34.4 Å². The number of anilines is 1. The number of thiophene rings is 1. The molecular formula is C22H17N5OS. The van der Waals surface area contributed by atoms with E-state index in [0.29, 0.717) is 16.1 Å². The van der Waals surface area contributed by atoms with E-state index in [1.165, 1.54) is 17.4 Å². The van der Waals surface area contributed by atoms with Gasteiger partial charge in [0, 0.05) is 16.0 Å². The number of H-pyrrole nitrogens is 1. The van der Waals surface area contributed by atoms with Crippen LogP contribution in [0.4, 0.5) is 5.00 Å². The highest BCUT2D eigenvalue weighted by Gasteiger charge is 2.23. The Kier molecular flexibility index (Phi) is 5.24. The molecule has 1 aliphatic carbocycles. The monoisotopic (exact) mass is 399 g/mol. The number of nitriles is 2. The first-order chi connectivity index (χ1) is 14.2. The van der Waals surface area contributed by atoms with Crippen molar-refractivity contribution in [2.75, 3.05) is 5.32 Å². The number of amides is 1. The summed E-state index contributed by atoms with van der Waals surface area (Å²) in [6.45, 7) is 0. The van der Waals surface area contributed by atoms with Gasteiger partial charge in [-0.15, -0.1) is 11.3 Å². The van der Waals surface area contributed by atoms with Gasteiger partial charge >= 0.3 is 0 Å². The van der Waals surface area contributed by atoms with Crippen molar-refractivity contribution in [3.05, 3.63) is 63.7 Å². The van der Waals surface area contributed by atoms with E-state index in [2.05, 4.69) is 21.6 Å². The highest BCUT2D eigenvalue weighted by Crippen LogP contribution is 2.37. The fourth-order valence-corrected chi connectivity index (χ4v) is 4.72. The third-order valence-electron chi connectivity index (χ3n) is 4.91. The Hall–Kier alpha value is -3.68. The quantitative estimate of drug-likeness (QED) is 0.500. The number of fused-ring (bicyclic) bond motifs is 1. The Morgan fingerprint density at radius 3 is 2.76 bits per heavy atom. The number of benzene rings is 1. The highest BCUT2D eigenvalue weighted by atomic mass is 32.1. The molecule has 7 heteroatoms. The van der Waals surface area contributed by atoms with Gasteiger partial charge in [0.2, 0.25) is 0 Å². The minimum absolute atomic E-state index is 0.0427. The summed E-state index contributed by atoms with van der Waals surface area (Å²) < 4.78 is 0. The highest BCUT2D eigenvalue weighted by molar-refractivity contribution is 7.16. The SMILES string of the molecule is N#C/C(=C\c1cn[nH]c1-c1ccccc1)C(=O)Nc1sc2c(c1C#N)CCCC2. The molecule has 6 nitrogen and oxygen atoms in total. The molecule has 1 aliphatic rings. The first kappa shape index (κ1) is 18.7. The molecule has 2 heterocycles. The molecule has 3 aromatic rings. The summed E-state index contributed by atoms with van der Waals surface area (Å²) in [5.74, 6) is -0.525. The van der Waals surface area contributed by atoms with E-state index in [9.17, 15) is 15.3 Å². The van der Waals surface area contributed by atoms with Crippen molar-refractivity contribution < 1.29 is 4.79 Å². The summed E-state index contributed by atoms with van der Waals surface area (Å²) in [5, 5.41) is 29.4. The first-order valence-corrected chi connectivity index (χ1v) is 10.1. The second kappa shape index (κ2) is 8.14. The van der Waals surface area contributed by atoms with Gasteiger partial charge in [-0.05, 0) is 37.3 Å². The Morgan fingerprint density at radius 2 is 2.00 bits per heavy atom. The lowest BCUT2D eigenvalue weighted by Gasteiger charge is -2.09. The van der Waals surface area contributed by atoms with Crippen LogP contribution in [0.15, 0.2) is 42.1 Å². The summed E-state index contributed by atoms with van der Waals surface area (Å²) in [6, 6.07) is 13.8. The minimum atomic E-state index is -0.525. The molecular weight excluding hydrogens is 382 g/mol. The molecule has 0 fully saturated rings. The maximum Gasteiger partial charge on any atom is 0.266 e. The topological polar surface area (TPSA) is 105 Å². The Labute approximate surface area is 172 Å². The molecule has 0 spiro atoms. The zero-order valence-corrected chi connectivity index (χ0v) is 16.3. The van der Waals surface area contributed by atoms with Crippen LogP contribution >= 0.6 is 11.3 Å². The summed E-state index contributed by atoms with van der Waals surface area (Å²) in [7, 11) is 0. The molecule has 2 N–H and O–H groups in total. The number of nitrogens with zero attached hydrogens (tertiary/aromatic N) is 3. The molecule has 0 atom stereocenters. The number of aromatic amines is 1. The lowest BCUT2D eigenvalue weighted by Crippen LogP contribution is -2.13. The number of aryl methyl sites for hydroxylation is 1. The maximum absolute atomic E-state index is 12.8. The average molecular weight is 399 g/mol. The molecule has 4 rings (SSSR count). The summed E-state index contributed by atoms with van der Waals surface area (Å²) in [5.41, 5.74) is 3.82. The van der Waals surface area contributed by atoms with Crippen LogP contribution in [0, 0.1) is 22.7 Å². The van der Waals surface area contributed by atoms with Crippen LogP contribution in [0.25, 0.3) is 17.3 Å². The van der Waals surface area contributed by atoms with Crippen LogP contribution in [0.3, 0.4) is 0 Å². The van der Waals surface area contributed by atoms with Crippen molar-refractivity contribution in [1.82, 2.24) is 10.2 Å². The van der Waals surface area contributed by atoms with Gasteiger partial charge < -0.3 is 5.32 Å². The van der Waals surface area contributed by atoms with E-state index in [4.69, 9.17) is 0 Å². The second-order valence-electron chi connectivity index (χ2n) is 6.72. The Balaban J connectivity index is 1.63. The Bertz CT molecular complexity index is 1170. The van der Waals surface area contributed by atoms with Crippen LogP contribution in [-0.2, 0) is 17.6 Å². The molecule has 0 radical (unpaired) electrons. The number of hydrogen-bond acceptors (Lipinski definition) is 5. The van der Waals surface area contributed by atoms with Gasteiger partial charge in [-0.3, -0.25) is 9.89 Å². The largest absolute Gasteiger partial charge is 0.312 e. The van der Waals surface area contributed by atoms with E-state index in [0.717, 1.165) is 47.4 Å². The summed E-state index contributed by atoms with van der Waals surface area (Å²) in [6.07, 6.45) is 7.04. The minimum Gasteiger partial charge on any atom is -0.312 e. The predicted molar refractivity (Wildman–Crippen MR) is 112 cm³/mol. The molecule has 29 heavy (non-hydrogen) atoms. The number of nitrogens with one attached hydrogen (secondary N) is 2. The number of carbonyl (C=O) groups excluding carboxylic acids is 1. The summed E-state index contributed by atoms with van der Waals surface area (Å²) >= 11 is 1.44. The van der Waals surface area contributed by atoms with E-state index < -0.39 is 5.91 Å². The van der Waals surface area contributed by atoms with E-state index >= 15 is 0 Å². The molecule has 1 amide bonds. The number of aromatic nitrogens is 2. The fourth-order valence-electron chi connectivity index (χ4n) is 3.49. The second-order valence-corrected chi connectivity index (χ2v) is 7.82. The van der Waals surface area contributed by atoms with Gasteiger partial charge in [0.1, 0.15) is 22.7 Å². The standard InChI is InChI=1S/C22H17N5OS/c23-11-15(10-16-13-25-27-20(16)14-6-2-1-3-7-14)21(28)26-22-18(12-24)17-8-4-5-9-19(17)29-22/h1-3,6-7,10,13H,4-5,8-9H2,(H,25,27)(H,26,28)/b15-10+. The van der Waals surface area contributed by atoms with Gasteiger partial charge in [0.25, 0.3) is 5.91 Å². The average Bonchev–Trinajstić information content (AvgIpc) is 3.36. The Morgan fingerprint density at radius 1 is 1.21 bits per heavy atom. The van der Waals surface area contributed by atoms with Crippen molar-refractivity contribution in [3.8, 4) is 23.4 Å². The zero-order valence-electron chi connectivity index (χ0n) is 15.5. The van der Waals surface area contributed by atoms with Gasteiger partial charge in [-0.1, -0.05) is 30.3 Å². The predicted octanol–water partition coefficient (Wildman–Crippen LogP) is 4.43. The van der Waals surface area contributed by atoms with Crippen molar-refractivity contribution in [3.63, 3.8) is 0 Å². The van der Waals surface area contributed by atoms with Crippen LogP contribution in [0.5, 0.6) is 0 Å². The third-order valence-corrected chi connectivity index (χ3v) is 6.11. The molecule has 0 unspecified atom stereocenters. The van der Waals surface area contributed by atoms with Crippen LogP contribution < -0.4 is 5.32 Å². The van der Waals surface area contributed by atoms with E-state index in [1.807, 2.05) is 36.4 Å². The van der Waals surface area contributed by atoms with Gasteiger partial charge in [-0.2, -0.15) is 15.6 Å². The van der Waals surface area contributed by atoms with Gasteiger partial charge in [-0.25, -0.2) is 0 Å². The van der Waals surface area contributed by atoms with Gasteiger partial charge in [0.15, 0.2) is 0 Å². The number of carbonyl (C=O) groups is 1. The molecule has 2 aromatic heterocycles. The smallest absolute Gasteiger partial charge is 0.266 e. The van der Waals surface area contributed by atoms with Crippen LogP contribution in [-0.4, -0.2) is 16.1 Å². The van der Waals surface area contributed by atoms with E-state index in [1.54, 1.807) is 6.20 Å². The fraction of sp³-hybridized carbons (Fsp3) is 0.182. The van der Waals surface area contributed by atoms with E-state index in [-0.39, 0.29) is 5.57 Å². The zero-order chi connectivity index (χ0) is 20.2. The van der Waals surface area contributed by atoms with Crippen LogP contribution in [0.2, 0.25) is 0 Å². The molecule has 0 aliphatic heterocycles. The lowest BCUT2D eigenvalue weighted by atomic mass is 9.96. The third kappa shape index (κ3) is 3.69. The molecule has 0 saturated carbocycles. The van der Waals surface area contributed by atoms with Crippen molar-refractivity contribution in [2.24, 2.45) is 0 Å². The normalized spacial score (nSPS) is 13.2. The number of rotatable bonds is 4.